The summed E-state index contributed by atoms with van der Waals surface area (Å²) >= 11 is 4.62. The van der Waals surface area contributed by atoms with Gasteiger partial charge in [0, 0.05) is 15.7 Å². The number of aryl methyl sites for hydroxylation is 1. The van der Waals surface area contributed by atoms with Crippen molar-refractivity contribution in [2.24, 2.45) is 4.99 Å². The monoisotopic (exact) mass is 599 g/mol. The van der Waals surface area contributed by atoms with Crippen molar-refractivity contribution in [3.05, 3.63) is 92.8 Å². The quantitative estimate of drug-likeness (QED) is 0.371. The van der Waals surface area contributed by atoms with E-state index in [0.717, 1.165) is 15.6 Å². The van der Waals surface area contributed by atoms with Gasteiger partial charge in [-0.15, -0.1) is 0 Å². The SMILES string of the molecule is COc1ccc(Br)cc1/C=C1\SC(Nc2ccc(CC(=O)NS(=O)(=O)c3ccc(C)cc3)cc2)=NC1=O. The number of hydrogen-bond acceptors (Lipinski definition) is 7. The molecule has 0 aromatic heterocycles. The normalized spacial score (nSPS) is 14.4. The molecule has 8 nitrogen and oxygen atoms in total. The zero-order valence-electron chi connectivity index (χ0n) is 19.8. The van der Waals surface area contributed by atoms with Gasteiger partial charge in [-0.3, -0.25) is 9.59 Å². The molecule has 0 saturated heterocycles. The van der Waals surface area contributed by atoms with Gasteiger partial charge in [0.05, 0.1) is 23.3 Å². The van der Waals surface area contributed by atoms with Crippen LogP contribution in [0, 0.1) is 6.92 Å². The molecule has 0 aliphatic carbocycles. The van der Waals surface area contributed by atoms with Gasteiger partial charge in [-0.1, -0.05) is 45.8 Å². The molecular weight excluding hydrogens is 578 g/mol. The van der Waals surface area contributed by atoms with Gasteiger partial charge in [-0.2, -0.15) is 4.99 Å². The Morgan fingerprint density at radius 1 is 1.08 bits per heavy atom. The molecule has 3 aromatic rings. The standard InChI is InChI=1S/C26H22BrN3O5S2/c1-16-3-10-21(11-4-16)37(33,34)30-24(31)13-17-5-8-20(9-6-17)28-26-29-25(32)23(36-26)15-18-14-19(27)7-12-22(18)35-2/h3-12,14-15H,13H2,1-2H3,(H,30,31)(H,28,29,32)/b23-15-. The number of amides is 2. The van der Waals surface area contributed by atoms with Crippen molar-refractivity contribution in [1.82, 2.24) is 4.72 Å². The van der Waals surface area contributed by atoms with Crippen molar-refractivity contribution in [3.8, 4) is 5.75 Å². The van der Waals surface area contributed by atoms with E-state index < -0.39 is 15.9 Å². The van der Waals surface area contributed by atoms with Crippen molar-refractivity contribution in [3.63, 3.8) is 0 Å². The minimum absolute atomic E-state index is 0.0298. The molecule has 2 N–H and O–H groups in total. The number of carbonyl (C=O) groups excluding carboxylic acids is 2. The predicted molar refractivity (Wildman–Crippen MR) is 149 cm³/mol. The van der Waals surface area contributed by atoms with Gasteiger partial charge in [-0.25, -0.2) is 13.1 Å². The smallest absolute Gasteiger partial charge is 0.286 e. The lowest BCUT2D eigenvalue weighted by Crippen LogP contribution is -2.31. The van der Waals surface area contributed by atoms with Crippen LogP contribution in [-0.2, 0) is 26.0 Å². The average Bonchev–Trinajstić information content (AvgIpc) is 3.18. The third-order valence-electron chi connectivity index (χ3n) is 5.25. The predicted octanol–water partition coefficient (Wildman–Crippen LogP) is 4.90. The van der Waals surface area contributed by atoms with Crippen LogP contribution < -0.4 is 14.8 Å². The molecule has 0 radical (unpaired) electrons. The molecule has 11 heteroatoms. The van der Waals surface area contributed by atoms with E-state index in [1.54, 1.807) is 55.7 Å². The molecule has 1 heterocycles. The third kappa shape index (κ3) is 6.88. The minimum Gasteiger partial charge on any atom is -0.496 e. The summed E-state index contributed by atoms with van der Waals surface area (Å²) in [5.41, 5.74) is 2.96. The Balaban J connectivity index is 1.36. The maximum atomic E-state index is 12.4. The summed E-state index contributed by atoms with van der Waals surface area (Å²) in [5.74, 6) is -0.366. The fourth-order valence-electron chi connectivity index (χ4n) is 3.40. The number of benzene rings is 3. The van der Waals surface area contributed by atoms with E-state index in [4.69, 9.17) is 4.74 Å². The zero-order chi connectivity index (χ0) is 26.6. The molecule has 1 aliphatic heterocycles. The summed E-state index contributed by atoms with van der Waals surface area (Å²) in [6.07, 6.45) is 1.61. The van der Waals surface area contributed by atoms with E-state index in [2.05, 4.69) is 31.0 Å². The number of rotatable bonds is 7. The molecule has 37 heavy (non-hydrogen) atoms. The molecule has 3 aromatic carbocycles. The molecule has 0 spiro atoms. The van der Waals surface area contributed by atoms with E-state index in [9.17, 15) is 18.0 Å². The Hall–Kier alpha value is -3.41. The number of nitrogens with one attached hydrogen (secondary N) is 2. The zero-order valence-corrected chi connectivity index (χ0v) is 23.0. The van der Waals surface area contributed by atoms with Crippen LogP contribution in [0.1, 0.15) is 16.7 Å². The molecule has 1 aliphatic rings. The number of amidine groups is 1. The van der Waals surface area contributed by atoms with E-state index in [0.29, 0.717) is 27.1 Å². The van der Waals surface area contributed by atoms with Gasteiger partial charge in [0.2, 0.25) is 5.91 Å². The van der Waals surface area contributed by atoms with Crippen LogP contribution in [0.2, 0.25) is 0 Å². The van der Waals surface area contributed by atoms with Crippen LogP contribution in [0.3, 0.4) is 0 Å². The number of nitrogens with zero attached hydrogens (tertiary/aromatic N) is 1. The van der Waals surface area contributed by atoms with Crippen molar-refractivity contribution >= 4 is 66.5 Å². The maximum absolute atomic E-state index is 12.4. The second kappa shape index (κ2) is 11.3. The number of methoxy groups -OCH3 is 1. The minimum atomic E-state index is -3.94. The van der Waals surface area contributed by atoms with Gasteiger partial charge in [0.15, 0.2) is 5.17 Å². The number of carbonyl (C=O) groups is 2. The molecule has 0 saturated carbocycles. The highest BCUT2D eigenvalue weighted by molar-refractivity contribution is 9.10. The first-order valence-corrected chi connectivity index (χ1v) is 14.1. The third-order valence-corrected chi connectivity index (χ3v) is 8.03. The molecule has 4 rings (SSSR count). The van der Waals surface area contributed by atoms with Crippen LogP contribution in [0.5, 0.6) is 5.75 Å². The number of hydrogen-bond donors (Lipinski definition) is 2. The summed E-state index contributed by atoms with van der Waals surface area (Å²) < 4.78 is 33.1. The van der Waals surface area contributed by atoms with E-state index in [1.165, 1.54) is 23.9 Å². The van der Waals surface area contributed by atoms with Gasteiger partial charge in [0.1, 0.15) is 5.75 Å². The van der Waals surface area contributed by atoms with Gasteiger partial charge < -0.3 is 10.1 Å². The summed E-state index contributed by atoms with van der Waals surface area (Å²) in [7, 11) is -2.37. The topological polar surface area (TPSA) is 114 Å². The first-order valence-electron chi connectivity index (χ1n) is 11.0. The molecule has 0 bridgehead atoms. The molecule has 0 fully saturated rings. The highest BCUT2D eigenvalue weighted by Gasteiger charge is 2.23. The van der Waals surface area contributed by atoms with Crippen molar-refractivity contribution < 1.29 is 22.7 Å². The number of anilines is 1. The largest absolute Gasteiger partial charge is 0.496 e. The molecule has 190 valence electrons. The van der Waals surface area contributed by atoms with Crippen LogP contribution in [0.4, 0.5) is 5.69 Å². The van der Waals surface area contributed by atoms with Crippen LogP contribution in [0.15, 0.2) is 86.0 Å². The molecule has 2 amide bonds. The number of sulfonamides is 1. The van der Waals surface area contributed by atoms with Crippen molar-refractivity contribution in [1.29, 1.82) is 0 Å². The fourth-order valence-corrected chi connectivity index (χ4v) is 5.59. The van der Waals surface area contributed by atoms with Gasteiger partial charge >= 0.3 is 0 Å². The Labute approximate surface area is 227 Å². The van der Waals surface area contributed by atoms with Crippen LogP contribution >= 0.6 is 27.7 Å². The van der Waals surface area contributed by atoms with Crippen molar-refractivity contribution in [2.75, 3.05) is 12.4 Å². The number of aliphatic imine (C=N–C) groups is 1. The number of thioether (sulfide) groups is 1. The second-order valence-corrected chi connectivity index (χ2v) is 11.7. The molecular formula is C26H22BrN3O5S2. The Morgan fingerprint density at radius 2 is 1.78 bits per heavy atom. The highest BCUT2D eigenvalue weighted by atomic mass is 79.9. The number of halogens is 1. The first kappa shape index (κ1) is 26.6. The Kier molecular flexibility index (Phi) is 8.16. The maximum Gasteiger partial charge on any atom is 0.286 e. The molecule has 0 unspecified atom stereocenters. The molecule has 0 atom stereocenters. The fraction of sp³-hybridized carbons (Fsp3) is 0.115. The summed E-state index contributed by atoms with van der Waals surface area (Å²) in [4.78, 5) is 29.3. The summed E-state index contributed by atoms with van der Waals surface area (Å²) in [5, 5.41) is 3.50. The lowest BCUT2D eigenvalue weighted by Gasteiger charge is -2.09. The lowest BCUT2D eigenvalue weighted by atomic mass is 10.1. The Morgan fingerprint density at radius 3 is 2.46 bits per heavy atom. The van der Waals surface area contributed by atoms with Gasteiger partial charge in [0.25, 0.3) is 15.9 Å². The Bertz CT molecular complexity index is 1520. The highest BCUT2D eigenvalue weighted by Crippen LogP contribution is 2.32. The summed E-state index contributed by atoms with van der Waals surface area (Å²) in [6, 6.07) is 18.6. The van der Waals surface area contributed by atoms with Gasteiger partial charge in [-0.05, 0) is 72.8 Å². The average molecular weight is 601 g/mol. The van der Waals surface area contributed by atoms with E-state index in [1.807, 2.05) is 19.1 Å². The van der Waals surface area contributed by atoms with Crippen molar-refractivity contribution in [2.45, 2.75) is 18.2 Å². The lowest BCUT2D eigenvalue weighted by molar-refractivity contribution is -0.118. The number of ether oxygens (including phenoxy) is 1. The van der Waals surface area contributed by atoms with E-state index >= 15 is 0 Å². The summed E-state index contributed by atoms with van der Waals surface area (Å²) in [6.45, 7) is 1.85. The first-order chi connectivity index (χ1) is 17.6. The van der Waals surface area contributed by atoms with E-state index in [-0.39, 0.29) is 17.2 Å². The van der Waals surface area contributed by atoms with Crippen LogP contribution in [0.25, 0.3) is 6.08 Å². The second-order valence-electron chi connectivity index (χ2n) is 8.06. The van der Waals surface area contributed by atoms with Crippen LogP contribution in [-0.4, -0.2) is 32.5 Å².